The van der Waals surface area contributed by atoms with Crippen LogP contribution in [0.3, 0.4) is 0 Å². The van der Waals surface area contributed by atoms with Gasteiger partial charge in [-0.3, -0.25) is 0 Å². The molecule has 0 aliphatic carbocycles. The number of furan rings is 2. The van der Waals surface area contributed by atoms with E-state index in [-0.39, 0.29) is 0 Å². The van der Waals surface area contributed by atoms with Gasteiger partial charge in [-0.05, 0) is 155 Å². The summed E-state index contributed by atoms with van der Waals surface area (Å²) in [7, 11) is 0. The number of hydrogen-bond acceptors (Lipinski definition) is 8. The number of thiophene rings is 2. The number of nitrogens with zero attached hydrogens (tertiary/aromatic N) is 4. The zero-order chi connectivity index (χ0) is 78.9. The van der Waals surface area contributed by atoms with E-state index in [0.29, 0.717) is 0 Å². The van der Waals surface area contributed by atoms with Crippen LogP contribution in [-0.4, -0.2) is 0 Å². The van der Waals surface area contributed by atoms with Crippen LogP contribution in [-0.2, 0) is 0 Å². The first-order chi connectivity index (χ1) is 59.5. The number of benzene rings is 20. The molecule has 4 heterocycles. The van der Waals surface area contributed by atoms with E-state index in [2.05, 4.69) is 438 Å². The van der Waals surface area contributed by atoms with Crippen LogP contribution in [0.5, 0.6) is 0 Å². The summed E-state index contributed by atoms with van der Waals surface area (Å²) in [6.45, 7) is 0. The summed E-state index contributed by atoms with van der Waals surface area (Å²) in [5.74, 6) is 0. The Kier molecular flexibility index (Phi) is 16.3. The first-order valence-corrected chi connectivity index (χ1v) is 42.4. The van der Waals surface area contributed by atoms with Crippen molar-refractivity contribution >= 4 is 218 Å². The van der Waals surface area contributed by atoms with Gasteiger partial charge in [-0.25, -0.2) is 0 Å². The first kappa shape index (κ1) is 69.0. The molecule has 20 aromatic carbocycles. The average molecular weight is 1570 g/mol. The van der Waals surface area contributed by atoms with Crippen molar-refractivity contribution in [3.8, 4) is 33.4 Å². The Morgan fingerprint density at radius 3 is 0.692 bits per heavy atom. The predicted molar refractivity (Wildman–Crippen MR) is 512 cm³/mol. The SMILES string of the molecule is c1ccc(-c2ccc(N(c3ccccc3)c3cc4c5cc(N(c6ccc(-c7ccccc7)cc6)c6ccc(-c7ccc(N(c8cc9c%10cc(N(c%11ccccc%11)c%11cccc%12c%11oc%11ccccc%11%12)c%11ccccc%11c%10sc9c9ccccc89)c8cccc9c8oc8ccccc89)cc7)cc6)c6ccccc6c5sc4c4ccccc34)cc2)cc1. The Morgan fingerprint density at radius 1 is 0.150 bits per heavy atom. The van der Waals surface area contributed by atoms with Crippen LogP contribution < -0.4 is 19.6 Å². The van der Waals surface area contributed by atoms with Crippen LogP contribution in [0.2, 0.25) is 0 Å². The van der Waals surface area contributed by atoms with Crippen LogP contribution in [0, 0.1) is 0 Å². The van der Waals surface area contributed by atoms with Gasteiger partial charge in [0.1, 0.15) is 11.2 Å². The van der Waals surface area contributed by atoms with Gasteiger partial charge in [0.15, 0.2) is 11.2 Å². The van der Waals surface area contributed by atoms with E-state index < -0.39 is 0 Å². The predicted octanol–water partition coefficient (Wildman–Crippen LogP) is 33.7. The molecule has 6 nitrogen and oxygen atoms in total. The molecule has 0 fully saturated rings. The molecule has 0 saturated carbocycles. The maximum Gasteiger partial charge on any atom is 0.159 e. The minimum absolute atomic E-state index is 0.816. The normalized spacial score (nSPS) is 11.8. The molecule has 24 rings (SSSR count). The van der Waals surface area contributed by atoms with Crippen LogP contribution in [0.25, 0.3) is 161 Å². The van der Waals surface area contributed by atoms with E-state index in [9.17, 15) is 0 Å². The highest BCUT2D eigenvalue weighted by Gasteiger charge is 2.29. The number of hydrogen-bond donors (Lipinski definition) is 0. The van der Waals surface area contributed by atoms with Gasteiger partial charge >= 0.3 is 0 Å². The highest BCUT2D eigenvalue weighted by atomic mass is 32.1. The minimum Gasteiger partial charge on any atom is -0.454 e. The Morgan fingerprint density at radius 2 is 0.375 bits per heavy atom. The molecule has 0 unspecified atom stereocenters. The fraction of sp³-hybridized carbons (Fsp3) is 0. The summed E-state index contributed by atoms with van der Waals surface area (Å²) in [5, 5.41) is 18.5. The summed E-state index contributed by atoms with van der Waals surface area (Å²) in [6.07, 6.45) is 0. The second-order valence-electron chi connectivity index (χ2n) is 30.9. The Labute approximate surface area is 699 Å². The molecular weight excluding hydrogens is 1500 g/mol. The van der Waals surface area contributed by atoms with E-state index in [1.54, 1.807) is 0 Å². The molecule has 0 atom stereocenters. The van der Waals surface area contributed by atoms with Crippen molar-refractivity contribution in [2.24, 2.45) is 0 Å². The number of anilines is 12. The summed E-state index contributed by atoms with van der Waals surface area (Å²) >= 11 is 3.78. The van der Waals surface area contributed by atoms with Gasteiger partial charge in [0.2, 0.25) is 0 Å². The fourth-order valence-corrected chi connectivity index (χ4v) is 21.3. The Balaban J connectivity index is 0.660. The van der Waals surface area contributed by atoms with E-state index in [0.717, 1.165) is 145 Å². The molecule has 0 aliphatic heterocycles. The molecule has 0 N–H and O–H groups in total. The molecule has 4 aromatic heterocycles. The number of fused-ring (bicyclic) bond motifs is 20. The van der Waals surface area contributed by atoms with Crippen molar-refractivity contribution < 1.29 is 8.83 Å². The second kappa shape index (κ2) is 28.3. The summed E-state index contributed by atoms with van der Waals surface area (Å²) < 4.78 is 18.9. The molecule has 562 valence electrons. The van der Waals surface area contributed by atoms with E-state index >= 15 is 0 Å². The number of para-hydroxylation sites is 6. The Hall–Kier alpha value is -15.3. The summed E-state index contributed by atoms with van der Waals surface area (Å²) in [4.78, 5) is 9.75. The largest absolute Gasteiger partial charge is 0.454 e. The van der Waals surface area contributed by atoms with Gasteiger partial charge in [0, 0.05) is 139 Å². The molecule has 0 amide bonds. The van der Waals surface area contributed by atoms with Crippen LogP contribution in [0.15, 0.2) is 433 Å². The lowest BCUT2D eigenvalue weighted by Crippen LogP contribution is -2.11. The zero-order valence-electron chi connectivity index (χ0n) is 64.8. The summed E-state index contributed by atoms with van der Waals surface area (Å²) in [6, 6.07) is 155. The highest BCUT2D eigenvalue weighted by Crippen LogP contribution is 2.56. The first-order valence-electron chi connectivity index (χ1n) is 40.8. The van der Waals surface area contributed by atoms with Gasteiger partial charge in [0.05, 0.1) is 34.1 Å². The smallest absolute Gasteiger partial charge is 0.159 e. The van der Waals surface area contributed by atoms with E-state index in [4.69, 9.17) is 8.83 Å². The fourth-order valence-electron chi connectivity index (χ4n) is 18.6. The Bertz CT molecular complexity index is 8150. The molecule has 24 aromatic rings. The van der Waals surface area contributed by atoms with Gasteiger partial charge in [-0.2, -0.15) is 0 Å². The lowest BCUT2D eigenvalue weighted by molar-refractivity contribution is 0.669. The van der Waals surface area contributed by atoms with Gasteiger partial charge in [0.25, 0.3) is 0 Å². The zero-order valence-corrected chi connectivity index (χ0v) is 66.5. The molecule has 0 aliphatic rings. The van der Waals surface area contributed by atoms with Crippen LogP contribution in [0.1, 0.15) is 0 Å². The van der Waals surface area contributed by atoms with Crippen molar-refractivity contribution in [1.82, 2.24) is 0 Å². The van der Waals surface area contributed by atoms with Crippen LogP contribution >= 0.6 is 22.7 Å². The molecular formula is C112H70N4O2S2. The third-order valence-electron chi connectivity index (χ3n) is 24.2. The number of rotatable bonds is 15. The molecule has 0 spiro atoms. The molecule has 0 saturated heterocycles. The van der Waals surface area contributed by atoms with Gasteiger partial charge in [-0.1, -0.05) is 303 Å². The van der Waals surface area contributed by atoms with E-state index in [1.165, 1.54) is 84.0 Å². The molecule has 0 radical (unpaired) electrons. The quantitative estimate of drug-likeness (QED) is 0.102. The molecule has 0 bridgehead atoms. The van der Waals surface area contributed by atoms with Gasteiger partial charge < -0.3 is 28.4 Å². The lowest BCUT2D eigenvalue weighted by atomic mass is 9.98. The second-order valence-corrected chi connectivity index (χ2v) is 33.0. The maximum absolute atomic E-state index is 7.07. The third-order valence-corrected chi connectivity index (χ3v) is 26.7. The third kappa shape index (κ3) is 11.3. The topological polar surface area (TPSA) is 39.2 Å². The van der Waals surface area contributed by atoms with Crippen molar-refractivity contribution in [3.63, 3.8) is 0 Å². The van der Waals surface area contributed by atoms with Gasteiger partial charge in [-0.15, -0.1) is 22.7 Å². The maximum atomic E-state index is 7.07. The monoisotopic (exact) mass is 1570 g/mol. The van der Waals surface area contributed by atoms with Crippen molar-refractivity contribution in [2.45, 2.75) is 0 Å². The van der Waals surface area contributed by atoms with Crippen molar-refractivity contribution in [3.05, 3.63) is 425 Å². The minimum atomic E-state index is 0.816. The van der Waals surface area contributed by atoms with E-state index in [1.807, 2.05) is 28.7 Å². The molecule has 120 heavy (non-hydrogen) atoms. The average Bonchev–Trinajstić information content (AvgIpc) is 1.55. The lowest BCUT2D eigenvalue weighted by Gasteiger charge is -2.28. The van der Waals surface area contributed by atoms with Crippen molar-refractivity contribution in [2.75, 3.05) is 19.6 Å². The van der Waals surface area contributed by atoms with Crippen LogP contribution in [0.4, 0.5) is 68.2 Å². The van der Waals surface area contributed by atoms with Crippen molar-refractivity contribution in [1.29, 1.82) is 0 Å². The standard InChI is InChI=1S/C112H70N4O2S2/c1-5-27-71(28-6-1)73-51-59-79(60-52-73)113(77-31-9-3-10-32-77)101-67-95-96-68-102(84-36-14-18-42-92(84)110(96)119-109(95)91-41-17-13-35-83(91)101)114(80-61-53-74(54-62-80)72-29-7-2-8-30-72)81-63-55-75(56-64-81)76-57-65-82(66-58-76)116(100-48-26-46-90-88-40-22-24-50-106(88)118-108(90)100)104-70-98-97-69-103(85-37-15-19-43-93(85)111(97)120-112(98)94-44-20-16-38-86(94)104)115(78-33-11-4-12-34-78)99-47-25-45-89-87-39-21-23-49-105(87)117-107(89)99/h1-70H. The highest BCUT2D eigenvalue weighted by molar-refractivity contribution is 7.28. The molecule has 8 heteroatoms. The summed E-state index contributed by atoms with van der Waals surface area (Å²) in [5.41, 5.74) is 22.7.